The maximum absolute atomic E-state index is 11.2. The first kappa shape index (κ1) is 11.9. The molecule has 0 amide bonds. The lowest BCUT2D eigenvalue weighted by Crippen LogP contribution is -2.42. The first-order valence-corrected chi connectivity index (χ1v) is 6.50. The van der Waals surface area contributed by atoms with Crippen LogP contribution in [0.15, 0.2) is 0 Å². The highest BCUT2D eigenvalue weighted by Crippen LogP contribution is 2.36. The Balaban J connectivity index is 2.00. The number of hydrogen-bond acceptors (Lipinski definition) is 2. The van der Waals surface area contributed by atoms with Crippen LogP contribution in [-0.2, 0) is 4.79 Å². The molecule has 2 fully saturated rings. The minimum Gasteiger partial charge on any atom is -0.481 e. The van der Waals surface area contributed by atoms with Gasteiger partial charge < -0.3 is 5.11 Å². The summed E-state index contributed by atoms with van der Waals surface area (Å²) in [6, 6.07) is 0.634. The van der Waals surface area contributed by atoms with Gasteiger partial charge in [-0.05, 0) is 38.6 Å². The summed E-state index contributed by atoms with van der Waals surface area (Å²) in [6.07, 6.45) is 6.05. The van der Waals surface area contributed by atoms with Crippen LogP contribution in [0.25, 0.3) is 0 Å². The molecule has 1 aliphatic heterocycles. The Morgan fingerprint density at radius 2 is 2.06 bits per heavy atom. The fourth-order valence-electron chi connectivity index (χ4n) is 3.29. The fraction of sp³-hybridized carbons (Fsp3) is 0.923. The predicted octanol–water partition coefficient (Wildman–Crippen LogP) is 2.36. The Morgan fingerprint density at radius 1 is 1.38 bits per heavy atom. The van der Waals surface area contributed by atoms with Crippen LogP contribution in [0, 0.1) is 11.3 Å². The summed E-state index contributed by atoms with van der Waals surface area (Å²) in [5.41, 5.74) is -0.503. The molecule has 0 bridgehead atoms. The second-order valence-electron chi connectivity index (χ2n) is 5.92. The van der Waals surface area contributed by atoms with Gasteiger partial charge in [0.05, 0.1) is 5.41 Å². The van der Waals surface area contributed by atoms with Gasteiger partial charge in [-0.1, -0.05) is 19.8 Å². The van der Waals surface area contributed by atoms with Gasteiger partial charge in [-0.25, -0.2) is 0 Å². The van der Waals surface area contributed by atoms with Crippen LogP contribution in [0.3, 0.4) is 0 Å². The van der Waals surface area contributed by atoms with Crippen LogP contribution >= 0.6 is 0 Å². The molecule has 1 saturated heterocycles. The normalized spacial score (nSPS) is 41.1. The van der Waals surface area contributed by atoms with E-state index in [1.54, 1.807) is 0 Å². The van der Waals surface area contributed by atoms with Crippen molar-refractivity contribution in [2.24, 2.45) is 11.3 Å². The highest BCUT2D eigenvalue weighted by Gasteiger charge is 2.43. The summed E-state index contributed by atoms with van der Waals surface area (Å²) in [5.74, 6) is 0.114. The number of nitrogens with zero attached hydrogens (tertiary/aromatic N) is 1. The molecule has 1 saturated carbocycles. The molecule has 3 nitrogen and oxygen atoms in total. The van der Waals surface area contributed by atoms with Gasteiger partial charge in [0.15, 0.2) is 0 Å². The molecular weight excluding hydrogens is 202 g/mol. The lowest BCUT2D eigenvalue weighted by molar-refractivity contribution is -0.147. The zero-order chi connectivity index (χ0) is 11.8. The van der Waals surface area contributed by atoms with Gasteiger partial charge in [-0.3, -0.25) is 9.69 Å². The van der Waals surface area contributed by atoms with E-state index >= 15 is 0 Å². The van der Waals surface area contributed by atoms with Gasteiger partial charge in [0, 0.05) is 12.6 Å². The molecule has 3 heteroatoms. The second-order valence-corrected chi connectivity index (χ2v) is 5.92. The Hall–Kier alpha value is -0.570. The molecule has 0 spiro atoms. The standard InChI is InChI=1S/C13H23NO2/c1-10-5-3-4-6-11(10)14-8-7-13(2,9-14)12(15)16/h10-11H,3-9H2,1-2H3,(H,15,16). The van der Waals surface area contributed by atoms with E-state index in [0.717, 1.165) is 25.4 Å². The average Bonchev–Trinajstić information content (AvgIpc) is 2.63. The van der Waals surface area contributed by atoms with E-state index < -0.39 is 11.4 Å². The molecule has 0 aromatic heterocycles. The highest BCUT2D eigenvalue weighted by atomic mass is 16.4. The monoisotopic (exact) mass is 225 g/mol. The Bertz CT molecular complexity index is 279. The van der Waals surface area contributed by atoms with Crippen molar-refractivity contribution < 1.29 is 9.90 Å². The van der Waals surface area contributed by atoms with Crippen LogP contribution in [-0.4, -0.2) is 35.1 Å². The zero-order valence-corrected chi connectivity index (χ0v) is 10.4. The van der Waals surface area contributed by atoms with Crippen LogP contribution in [0.2, 0.25) is 0 Å². The summed E-state index contributed by atoms with van der Waals surface area (Å²) in [6.45, 7) is 5.93. The smallest absolute Gasteiger partial charge is 0.310 e. The minimum absolute atomic E-state index is 0.503. The van der Waals surface area contributed by atoms with Crippen molar-refractivity contribution in [2.75, 3.05) is 13.1 Å². The van der Waals surface area contributed by atoms with Crippen molar-refractivity contribution in [1.29, 1.82) is 0 Å². The molecule has 0 aromatic carbocycles. The lowest BCUT2D eigenvalue weighted by atomic mass is 9.84. The van der Waals surface area contributed by atoms with Crippen LogP contribution in [0.5, 0.6) is 0 Å². The van der Waals surface area contributed by atoms with Gasteiger partial charge in [-0.15, -0.1) is 0 Å². The third-order valence-electron chi connectivity index (χ3n) is 4.55. The first-order chi connectivity index (χ1) is 7.53. The van der Waals surface area contributed by atoms with Crippen molar-refractivity contribution in [2.45, 2.75) is 52.0 Å². The molecule has 0 aromatic rings. The molecular formula is C13H23NO2. The highest BCUT2D eigenvalue weighted by molar-refractivity contribution is 5.74. The third-order valence-corrected chi connectivity index (χ3v) is 4.55. The topological polar surface area (TPSA) is 40.5 Å². The summed E-state index contributed by atoms with van der Waals surface area (Å²) < 4.78 is 0. The van der Waals surface area contributed by atoms with Crippen LogP contribution in [0.4, 0.5) is 0 Å². The quantitative estimate of drug-likeness (QED) is 0.784. The minimum atomic E-state index is -0.626. The molecule has 2 rings (SSSR count). The van der Waals surface area contributed by atoms with E-state index in [0.29, 0.717) is 6.04 Å². The number of likely N-dealkylation sites (tertiary alicyclic amines) is 1. The Labute approximate surface area is 97.8 Å². The third kappa shape index (κ3) is 2.10. The molecule has 1 heterocycles. The van der Waals surface area contributed by atoms with Gasteiger partial charge in [-0.2, -0.15) is 0 Å². The molecule has 0 radical (unpaired) electrons. The summed E-state index contributed by atoms with van der Waals surface area (Å²) in [4.78, 5) is 13.6. The number of carboxylic acids is 1. The largest absolute Gasteiger partial charge is 0.481 e. The van der Waals surface area contributed by atoms with E-state index in [9.17, 15) is 9.90 Å². The zero-order valence-electron chi connectivity index (χ0n) is 10.4. The summed E-state index contributed by atoms with van der Waals surface area (Å²) in [5, 5.41) is 9.23. The van der Waals surface area contributed by atoms with Gasteiger partial charge in [0.25, 0.3) is 0 Å². The van der Waals surface area contributed by atoms with Crippen molar-refractivity contribution >= 4 is 5.97 Å². The predicted molar refractivity (Wildman–Crippen MR) is 63.4 cm³/mol. The van der Waals surface area contributed by atoms with Gasteiger partial charge in [0.1, 0.15) is 0 Å². The van der Waals surface area contributed by atoms with Gasteiger partial charge in [0.2, 0.25) is 0 Å². The summed E-state index contributed by atoms with van der Waals surface area (Å²) >= 11 is 0. The summed E-state index contributed by atoms with van der Waals surface area (Å²) in [7, 11) is 0. The van der Waals surface area contributed by atoms with E-state index in [2.05, 4.69) is 11.8 Å². The number of aliphatic carboxylic acids is 1. The number of carboxylic acid groups (broad SMARTS) is 1. The van der Waals surface area contributed by atoms with E-state index in [-0.39, 0.29) is 0 Å². The maximum atomic E-state index is 11.2. The first-order valence-electron chi connectivity index (χ1n) is 6.50. The van der Waals surface area contributed by atoms with E-state index in [1.807, 2.05) is 6.92 Å². The number of hydrogen-bond donors (Lipinski definition) is 1. The molecule has 3 atom stereocenters. The van der Waals surface area contributed by atoms with Crippen molar-refractivity contribution in [3.63, 3.8) is 0 Å². The van der Waals surface area contributed by atoms with Crippen molar-refractivity contribution in [1.82, 2.24) is 4.90 Å². The van der Waals surface area contributed by atoms with Crippen molar-refractivity contribution in [3.8, 4) is 0 Å². The molecule has 2 aliphatic rings. The molecule has 1 aliphatic carbocycles. The molecule has 3 unspecified atom stereocenters. The number of rotatable bonds is 2. The SMILES string of the molecule is CC1CCCCC1N1CCC(C)(C(=O)O)C1. The Kier molecular flexibility index (Phi) is 3.24. The van der Waals surface area contributed by atoms with Crippen LogP contribution < -0.4 is 0 Å². The van der Waals surface area contributed by atoms with Gasteiger partial charge >= 0.3 is 5.97 Å². The molecule has 1 N–H and O–H groups in total. The second kappa shape index (κ2) is 4.36. The molecule has 92 valence electrons. The average molecular weight is 225 g/mol. The molecule has 16 heavy (non-hydrogen) atoms. The van der Waals surface area contributed by atoms with E-state index in [1.165, 1.54) is 25.7 Å². The number of carbonyl (C=O) groups is 1. The fourth-order valence-corrected chi connectivity index (χ4v) is 3.29. The van der Waals surface area contributed by atoms with Crippen LogP contribution in [0.1, 0.15) is 46.0 Å². The Morgan fingerprint density at radius 3 is 2.62 bits per heavy atom. The maximum Gasteiger partial charge on any atom is 0.310 e. The lowest BCUT2D eigenvalue weighted by Gasteiger charge is -2.36. The van der Waals surface area contributed by atoms with E-state index in [4.69, 9.17) is 0 Å². The van der Waals surface area contributed by atoms with Crippen molar-refractivity contribution in [3.05, 3.63) is 0 Å².